The van der Waals surface area contributed by atoms with Gasteiger partial charge in [0.2, 0.25) is 0 Å². The number of aromatic nitrogens is 1. The summed E-state index contributed by atoms with van der Waals surface area (Å²) in [7, 11) is 3.13. The standard InChI is InChI=1S/C22H26N4O3/c1-4-26-17-8-6-5-7-14(17)11-18(26)16-13-21(25-24-16)23-22(27)15-9-10-19(28-2)20(12-15)29-3/h5-12,16,21,24-25H,4,13H2,1-3H3,(H,23,27). The van der Waals surface area contributed by atoms with Crippen LogP contribution in [-0.2, 0) is 6.54 Å². The van der Waals surface area contributed by atoms with Crippen LogP contribution in [0, 0.1) is 0 Å². The zero-order valence-electron chi connectivity index (χ0n) is 16.9. The monoisotopic (exact) mass is 394 g/mol. The topological polar surface area (TPSA) is 76.6 Å². The van der Waals surface area contributed by atoms with Crippen LogP contribution >= 0.6 is 0 Å². The van der Waals surface area contributed by atoms with Gasteiger partial charge in [0.1, 0.15) is 0 Å². The van der Waals surface area contributed by atoms with Gasteiger partial charge in [0.15, 0.2) is 11.5 Å². The molecule has 2 heterocycles. The molecule has 7 heteroatoms. The largest absolute Gasteiger partial charge is 0.493 e. The highest BCUT2D eigenvalue weighted by Gasteiger charge is 2.29. The van der Waals surface area contributed by atoms with Crippen molar-refractivity contribution in [2.75, 3.05) is 14.2 Å². The van der Waals surface area contributed by atoms with Crippen molar-refractivity contribution in [3.05, 3.63) is 59.8 Å². The Kier molecular flexibility index (Phi) is 5.42. The van der Waals surface area contributed by atoms with Gasteiger partial charge in [-0.25, -0.2) is 10.9 Å². The maximum absolute atomic E-state index is 12.7. The second kappa shape index (κ2) is 8.14. The minimum Gasteiger partial charge on any atom is -0.493 e. The Labute approximate surface area is 170 Å². The van der Waals surface area contributed by atoms with E-state index in [1.807, 2.05) is 0 Å². The van der Waals surface area contributed by atoms with E-state index in [9.17, 15) is 4.79 Å². The average molecular weight is 394 g/mol. The zero-order valence-corrected chi connectivity index (χ0v) is 16.9. The summed E-state index contributed by atoms with van der Waals surface area (Å²) in [5, 5.41) is 4.26. The Morgan fingerprint density at radius 2 is 1.90 bits per heavy atom. The molecule has 0 spiro atoms. The number of amides is 1. The molecule has 1 saturated heterocycles. The fourth-order valence-corrected chi connectivity index (χ4v) is 3.94. The predicted molar refractivity (Wildman–Crippen MR) is 112 cm³/mol. The van der Waals surface area contributed by atoms with Crippen molar-refractivity contribution in [2.24, 2.45) is 0 Å². The van der Waals surface area contributed by atoms with E-state index in [-0.39, 0.29) is 18.1 Å². The molecule has 1 amide bonds. The molecule has 1 aliphatic rings. The summed E-state index contributed by atoms with van der Waals surface area (Å²) >= 11 is 0. The first-order valence-electron chi connectivity index (χ1n) is 9.76. The minimum atomic E-state index is -0.177. The number of carbonyl (C=O) groups is 1. The molecule has 1 aliphatic heterocycles. The number of para-hydroxylation sites is 1. The Morgan fingerprint density at radius 3 is 2.66 bits per heavy atom. The fourth-order valence-electron chi connectivity index (χ4n) is 3.94. The van der Waals surface area contributed by atoms with Crippen molar-refractivity contribution in [1.82, 2.24) is 20.7 Å². The number of fused-ring (bicyclic) bond motifs is 1. The highest BCUT2D eigenvalue weighted by atomic mass is 16.5. The highest BCUT2D eigenvalue weighted by Crippen LogP contribution is 2.29. The molecule has 0 bridgehead atoms. The van der Waals surface area contributed by atoms with E-state index in [2.05, 4.69) is 58.0 Å². The average Bonchev–Trinajstić information content (AvgIpc) is 3.37. The first kappa shape index (κ1) is 19.3. The van der Waals surface area contributed by atoms with Gasteiger partial charge in [-0.1, -0.05) is 18.2 Å². The van der Waals surface area contributed by atoms with Gasteiger partial charge < -0.3 is 19.4 Å². The third-order valence-electron chi connectivity index (χ3n) is 5.37. The quantitative estimate of drug-likeness (QED) is 0.599. The van der Waals surface area contributed by atoms with Crippen LogP contribution in [0.25, 0.3) is 10.9 Å². The third-order valence-corrected chi connectivity index (χ3v) is 5.37. The molecule has 4 rings (SSSR count). The van der Waals surface area contributed by atoms with Gasteiger partial charge in [-0.15, -0.1) is 0 Å². The zero-order chi connectivity index (χ0) is 20.4. The number of hydrazine groups is 1. The lowest BCUT2D eigenvalue weighted by Gasteiger charge is -2.14. The number of rotatable bonds is 6. The van der Waals surface area contributed by atoms with Crippen LogP contribution < -0.4 is 25.6 Å². The fraction of sp³-hybridized carbons (Fsp3) is 0.318. The van der Waals surface area contributed by atoms with Gasteiger partial charge in [-0.05, 0) is 42.6 Å². The maximum Gasteiger partial charge on any atom is 0.252 e. The van der Waals surface area contributed by atoms with Gasteiger partial charge in [-0.2, -0.15) is 0 Å². The van der Waals surface area contributed by atoms with Crippen molar-refractivity contribution >= 4 is 16.8 Å². The SMILES string of the molecule is CCn1c(C2CC(NC(=O)c3ccc(OC)c(OC)c3)NN2)cc2ccccc21. The van der Waals surface area contributed by atoms with E-state index < -0.39 is 0 Å². The molecule has 1 fully saturated rings. The Balaban J connectivity index is 1.47. The molecule has 0 saturated carbocycles. The lowest BCUT2D eigenvalue weighted by molar-refractivity contribution is 0.0932. The summed E-state index contributed by atoms with van der Waals surface area (Å²) in [6.07, 6.45) is 0.568. The predicted octanol–water partition coefficient (Wildman–Crippen LogP) is 2.97. The van der Waals surface area contributed by atoms with Crippen LogP contribution in [0.1, 0.15) is 35.4 Å². The van der Waals surface area contributed by atoms with Crippen LogP contribution in [0.4, 0.5) is 0 Å². The third kappa shape index (κ3) is 3.66. The number of hydrogen-bond donors (Lipinski definition) is 3. The van der Waals surface area contributed by atoms with Gasteiger partial charge in [0.25, 0.3) is 5.91 Å². The number of methoxy groups -OCH3 is 2. The number of ether oxygens (including phenoxy) is 2. The molecular weight excluding hydrogens is 368 g/mol. The molecule has 2 unspecified atom stereocenters. The molecule has 7 nitrogen and oxygen atoms in total. The van der Waals surface area contributed by atoms with Crippen molar-refractivity contribution in [3.8, 4) is 11.5 Å². The molecule has 0 aliphatic carbocycles. The molecule has 2 aromatic carbocycles. The van der Waals surface area contributed by atoms with E-state index in [4.69, 9.17) is 9.47 Å². The van der Waals surface area contributed by atoms with Crippen LogP contribution in [0.15, 0.2) is 48.5 Å². The van der Waals surface area contributed by atoms with Crippen molar-refractivity contribution in [3.63, 3.8) is 0 Å². The van der Waals surface area contributed by atoms with E-state index in [1.165, 1.54) is 16.6 Å². The summed E-state index contributed by atoms with van der Waals surface area (Å²) in [5.74, 6) is 0.960. The molecule has 0 radical (unpaired) electrons. The number of carbonyl (C=O) groups excluding carboxylic acids is 1. The normalized spacial score (nSPS) is 18.7. The van der Waals surface area contributed by atoms with Crippen LogP contribution in [-0.4, -0.2) is 30.9 Å². The molecule has 2 atom stereocenters. The number of benzene rings is 2. The molecule has 3 N–H and O–H groups in total. The van der Waals surface area contributed by atoms with E-state index >= 15 is 0 Å². The Morgan fingerprint density at radius 1 is 1.10 bits per heavy atom. The van der Waals surface area contributed by atoms with Gasteiger partial charge in [0.05, 0.1) is 26.4 Å². The van der Waals surface area contributed by atoms with Crippen LogP contribution in [0.2, 0.25) is 0 Å². The minimum absolute atomic E-state index is 0.109. The van der Waals surface area contributed by atoms with Crippen LogP contribution in [0.5, 0.6) is 11.5 Å². The summed E-state index contributed by atoms with van der Waals surface area (Å²) in [5.41, 5.74) is 9.49. The van der Waals surface area contributed by atoms with Gasteiger partial charge >= 0.3 is 0 Å². The molecule has 1 aromatic heterocycles. The van der Waals surface area contributed by atoms with Crippen molar-refractivity contribution in [2.45, 2.75) is 32.1 Å². The summed E-state index contributed by atoms with van der Waals surface area (Å²) in [4.78, 5) is 12.7. The Bertz CT molecular complexity index is 1030. The first-order chi connectivity index (χ1) is 14.1. The Hall–Kier alpha value is -3.03. The second-order valence-corrected chi connectivity index (χ2v) is 7.05. The van der Waals surface area contributed by atoms with E-state index in [0.29, 0.717) is 17.1 Å². The molecular formula is C22H26N4O3. The highest BCUT2D eigenvalue weighted by molar-refractivity contribution is 5.95. The summed E-state index contributed by atoms with van der Waals surface area (Å²) < 4.78 is 12.8. The number of aryl methyl sites for hydroxylation is 1. The number of hydrogen-bond acceptors (Lipinski definition) is 5. The number of nitrogens with zero attached hydrogens (tertiary/aromatic N) is 1. The lowest BCUT2D eigenvalue weighted by Crippen LogP contribution is -2.44. The number of nitrogens with one attached hydrogen (secondary N) is 3. The second-order valence-electron chi connectivity index (χ2n) is 7.05. The van der Waals surface area contributed by atoms with E-state index in [1.54, 1.807) is 32.4 Å². The van der Waals surface area contributed by atoms with Crippen molar-refractivity contribution in [1.29, 1.82) is 0 Å². The van der Waals surface area contributed by atoms with E-state index in [0.717, 1.165) is 13.0 Å². The lowest BCUT2D eigenvalue weighted by atomic mass is 10.1. The summed E-state index contributed by atoms with van der Waals surface area (Å²) in [6, 6.07) is 15.9. The molecule has 3 aromatic rings. The summed E-state index contributed by atoms with van der Waals surface area (Å²) in [6.45, 7) is 3.04. The molecule has 152 valence electrons. The molecule has 29 heavy (non-hydrogen) atoms. The maximum atomic E-state index is 12.7. The van der Waals surface area contributed by atoms with Crippen molar-refractivity contribution < 1.29 is 14.3 Å². The van der Waals surface area contributed by atoms with Crippen LogP contribution in [0.3, 0.4) is 0 Å². The first-order valence-corrected chi connectivity index (χ1v) is 9.76. The smallest absolute Gasteiger partial charge is 0.252 e. The van der Waals surface area contributed by atoms with Gasteiger partial charge in [0, 0.05) is 29.7 Å². The van der Waals surface area contributed by atoms with Gasteiger partial charge in [-0.3, -0.25) is 4.79 Å².